The second kappa shape index (κ2) is 8.88. The van der Waals surface area contributed by atoms with E-state index in [2.05, 4.69) is 72.8 Å². The van der Waals surface area contributed by atoms with Gasteiger partial charge in [0.15, 0.2) is 0 Å². The average Bonchev–Trinajstić information content (AvgIpc) is 3.27. The molecule has 1 fully saturated rings. The Bertz CT molecular complexity index is 1620. The van der Waals surface area contributed by atoms with E-state index in [1.165, 1.54) is 27.8 Å². The van der Waals surface area contributed by atoms with Gasteiger partial charge in [-0.15, -0.1) is 0 Å². The molecule has 0 bridgehead atoms. The lowest BCUT2D eigenvalue weighted by Crippen LogP contribution is -2.56. The maximum absolute atomic E-state index is 13.5. The lowest BCUT2D eigenvalue weighted by atomic mass is 9.53. The highest BCUT2D eigenvalue weighted by Crippen LogP contribution is 2.65. The van der Waals surface area contributed by atoms with E-state index in [1.54, 1.807) is 7.11 Å². The highest BCUT2D eigenvalue weighted by atomic mass is 16.5. The van der Waals surface area contributed by atoms with Gasteiger partial charge in [0.2, 0.25) is 0 Å². The Hall–Kier alpha value is -4.37. The molecule has 1 spiro atoms. The SMILES string of the molecule is COc1ccc([C@@H]2CC3(c4ccccc4-c4ccccc43)[C@H]2OC(=O)Cc2ccccc2)c2ccccc12. The summed E-state index contributed by atoms with van der Waals surface area (Å²) in [6.45, 7) is 0. The summed E-state index contributed by atoms with van der Waals surface area (Å²) in [6.07, 6.45) is 0.813. The Morgan fingerprint density at radius 2 is 1.34 bits per heavy atom. The molecule has 0 amide bonds. The summed E-state index contributed by atoms with van der Waals surface area (Å²) in [7, 11) is 1.71. The van der Waals surface area contributed by atoms with E-state index in [0.717, 1.165) is 28.5 Å². The van der Waals surface area contributed by atoms with Gasteiger partial charge in [0.1, 0.15) is 11.9 Å². The molecule has 3 heteroatoms. The van der Waals surface area contributed by atoms with E-state index >= 15 is 0 Å². The summed E-state index contributed by atoms with van der Waals surface area (Å²) in [5.74, 6) is 0.724. The molecule has 0 aliphatic heterocycles. The van der Waals surface area contributed by atoms with Gasteiger partial charge in [-0.05, 0) is 51.3 Å². The molecule has 7 rings (SSSR count). The van der Waals surface area contributed by atoms with Gasteiger partial charge in [0.25, 0.3) is 0 Å². The molecule has 2 aliphatic rings. The fraction of sp³-hybridized carbons (Fsp3) is 0.171. The number of carbonyl (C=O) groups excluding carboxylic acids is 1. The zero-order valence-electron chi connectivity index (χ0n) is 21.3. The first-order valence-corrected chi connectivity index (χ1v) is 13.2. The van der Waals surface area contributed by atoms with Crippen LogP contribution in [0.4, 0.5) is 0 Å². The van der Waals surface area contributed by atoms with Gasteiger partial charge in [-0.1, -0.05) is 109 Å². The molecule has 186 valence electrons. The Morgan fingerprint density at radius 3 is 2.03 bits per heavy atom. The van der Waals surface area contributed by atoms with Crippen molar-refractivity contribution >= 4 is 16.7 Å². The number of methoxy groups -OCH3 is 1. The van der Waals surface area contributed by atoms with E-state index in [4.69, 9.17) is 9.47 Å². The van der Waals surface area contributed by atoms with Crippen molar-refractivity contribution in [3.05, 3.63) is 138 Å². The minimum atomic E-state index is -0.370. The van der Waals surface area contributed by atoms with Crippen LogP contribution in [0.25, 0.3) is 21.9 Å². The summed E-state index contributed by atoms with van der Waals surface area (Å²) in [6, 6.07) is 39.6. The molecule has 2 atom stereocenters. The lowest BCUT2D eigenvalue weighted by molar-refractivity contribution is -0.160. The molecule has 2 aliphatic carbocycles. The van der Waals surface area contributed by atoms with E-state index < -0.39 is 0 Å². The number of rotatable bonds is 5. The number of hydrogen-bond acceptors (Lipinski definition) is 3. The fourth-order valence-corrected chi connectivity index (χ4v) is 6.84. The maximum Gasteiger partial charge on any atom is 0.310 e. The summed E-state index contributed by atoms with van der Waals surface area (Å²) in [5, 5.41) is 2.23. The summed E-state index contributed by atoms with van der Waals surface area (Å²) in [4.78, 5) is 13.5. The van der Waals surface area contributed by atoms with Crippen LogP contribution < -0.4 is 4.74 Å². The molecule has 0 heterocycles. The Morgan fingerprint density at radius 1 is 0.737 bits per heavy atom. The zero-order valence-corrected chi connectivity index (χ0v) is 21.3. The lowest BCUT2D eigenvalue weighted by Gasteiger charge is -2.54. The van der Waals surface area contributed by atoms with Crippen LogP contribution in [0.15, 0.2) is 115 Å². The predicted octanol–water partition coefficient (Wildman–Crippen LogP) is 7.46. The molecule has 3 nitrogen and oxygen atoms in total. The zero-order chi connectivity index (χ0) is 25.7. The third-order valence-corrected chi connectivity index (χ3v) is 8.49. The third kappa shape index (κ3) is 3.31. The smallest absolute Gasteiger partial charge is 0.310 e. The Balaban J connectivity index is 1.36. The van der Waals surface area contributed by atoms with Crippen molar-refractivity contribution in [2.45, 2.75) is 30.3 Å². The molecule has 0 aromatic heterocycles. The largest absolute Gasteiger partial charge is 0.496 e. The summed E-state index contributed by atoms with van der Waals surface area (Å²) in [5.41, 5.74) is 6.79. The number of esters is 1. The van der Waals surface area contributed by atoms with Crippen LogP contribution in [0, 0.1) is 0 Å². The van der Waals surface area contributed by atoms with Crippen molar-refractivity contribution in [3.63, 3.8) is 0 Å². The molecule has 0 radical (unpaired) electrons. The topological polar surface area (TPSA) is 35.5 Å². The van der Waals surface area contributed by atoms with Crippen molar-refractivity contribution in [3.8, 4) is 16.9 Å². The number of hydrogen-bond donors (Lipinski definition) is 0. The number of ether oxygens (including phenoxy) is 2. The normalized spacial score (nSPS) is 18.4. The molecule has 5 aromatic rings. The molecule has 0 saturated heterocycles. The van der Waals surface area contributed by atoms with Crippen LogP contribution in [0.1, 0.15) is 34.6 Å². The van der Waals surface area contributed by atoms with Gasteiger partial charge in [-0.3, -0.25) is 4.79 Å². The summed E-state index contributed by atoms with van der Waals surface area (Å²) < 4.78 is 12.2. The van der Waals surface area contributed by atoms with Crippen LogP contribution in [0.2, 0.25) is 0 Å². The first kappa shape index (κ1) is 22.8. The first-order valence-electron chi connectivity index (χ1n) is 13.2. The molecular formula is C35H28O3. The number of carbonyl (C=O) groups is 1. The highest BCUT2D eigenvalue weighted by Gasteiger charge is 2.62. The minimum Gasteiger partial charge on any atom is -0.496 e. The summed E-state index contributed by atoms with van der Waals surface area (Å²) >= 11 is 0. The fourth-order valence-electron chi connectivity index (χ4n) is 6.84. The molecule has 38 heavy (non-hydrogen) atoms. The standard InChI is InChI=1S/C35H28O3/c1-37-32-20-19-25(24-13-5-6-16-28(24)32)29-22-35(34(29)38-33(36)21-23-11-3-2-4-12-23)30-17-9-7-14-26(30)27-15-8-10-18-31(27)35/h2-20,29,34H,21-22H2,1H3/t29-,34-/m0/s1. The van der Waals surface area contributed by atoms with Gasteiger partial charge >= 0.3 is 5.97 Å². The second-order valence-corrected chi connectivity index (χ2v) is 10.3. The highest BCUT2D eigenvalue weighted by molar-refractivity contribution is 5.92. The molecule has 0 N–H and O–H groups in total. The Labute approximate surface area is 222 Å². The van der Waals surface area contributed by atoms with Crippen LogP contribution in [0.5, 0.6) is 5.75 Å². The second-order valence-electron chi connectivity index (χ2n) is 10.3. The monoisotopic (exact) mass is 496 g/mol. The number of benzene rings is 5. The van der Waals surface area contributed by atoms with E-state index in [-0.39, 0.29) is 29.8 Å². The Kier molecular flexibility index (Phi) is 5.33. The molecular weight excluding hydrogens is 468 g/mol. The van der Waals surface area contributed by atoms with Crippen molar-refractivity contribution in [1.29, 1.82) is 0 Å². The predicted molar refractivity (Wildman–Crippen MR) is 151 cm³/mol. The number of fused-ring (bicyclic) bond motifs is 6. The van der Waals surface area contributed by atoms with Crippen molar-refractivity contribution in [1.82, 2.24) is 0 Å². The third-order valence-electron chi connectivity index (χ3n) is 8.49. The molecule has 0 unspecified atom stereocenters. The van der Waals surface area contributed by atoms with Crippen LogP contribution in [-0.4, -0.2) is 19.2 Å². The first-order chi connectivity index (χ1) is 18.7. The van der Waals surface area contributed by atoms with E-state index in [9.17, 15) is 4.79 Å². The average molecular weight is 497 g/mol. The molecule has 1 saturated carbocycles. The van der Waals surface area contributed by atoms with Crippen molar-refractivity contribution in [2.24, 2.45) is 0 Å². The van der Waals surface area contributed by atoms with Gasteiger partial charge in [-0.25, -0.2) is 0 Å². The van der Waals surface area contributed by atoms with E-state index in [1.807, 2.05) is 42.5 Å². The van der Waals surface area contributed by atoms with Crippen LogP contribution >= 0.6 is 0 Å². The van der Waals surface area contributed by atoms with Crippen molar-refractivity contribution in [2.75, 3.05) is 7.11 Å². The maximum atomic E-state index is 13.5. The van der Waals surface area contributed by atoms with Gasteiger partial charge < -0.3 is 9.47 Å². The molecule has 5 aromatic carbocycles. The van der Waals surface area contributed by atoms with Crippen molar-refractivity contribution < 1.29 is 14.3 Å². The van der Waals surface area contributed by atoms with E-state index in [0.29, 0.717) is 0 Å². The quantitative estimate of drug-likeness (QED) is 0.237. The minimum absolute atomic E-state index is 0.0599. The van der Waals surface area contributed by atoms with Crippen LogP contribution in [-0.2, 0) is 21.4 Å². The van der Waals surface area contributed by atoms with Crippen LogP contribution in [0.3, 0.4) is 0 Å². The van der Waals surface area contributed by atoms with Gasteiger partial charge in [0.05, 0.1) is 18.9 Å². The van der Waals surface area contributed by atoms with Gasteiger partial charge in [-0.2, -0.15) is 0 Å². The van der Waals surface area contributed by atoms with Gasteiger partial charge in [0, 0.05) is 11.3 Å².